The van der Waals surface area contributed by atoms with Crippen molar-refractivity contribution < 1.29 is 27.1 Å². The Bertz CT molecular complexity index is 1390. The number of fused-ring (bicyclic) bond motifs is 1. The van der Waals surface area contributed by atoms with Crippen molar-refractivity contribution in [2.45, 2.75) is 26.6 Å². The monoisotopic (exact) mass is 518 g/mol. The van der Waals surface area contributed by atoms with Gasteiger partial charge >= 0.3 is 6.18 Å². The van der Waals surface area contributed by atoms with Gasteiger partial charge < -0.3 is 13.9 Å². The van der Waals surface area contributed by atoms with Crippen molar-refractivity contribution in [2.24, 2.45) is 0 Å². The molecule has 33 heavy (non-hydrogen) atoms. The van der Waals surface area contributed by atoms with E-state index >= 15 is 0 Å². The zero-order valence-electron chi connectivity index (χ0n) is 17.6. The average molecular weight is 519 g/mol. The van der Waals surface area contributed by atoms with Crippen LogP contribution in [0.1, 0.15) is 22.5 Å². The summed E-state index contributed by atoms with van der Waals surface area (Å²) in [6.07, 6.45) is -4.94. The Morgan fingerprint density at radius 1 is 1.00 bits per heavy atom. The second-order valence-electron chi connectivity index (χ2n) is 7.50. The molecule has 0 bridgehead atoms. The minimum Gasteiger partial charge on any atom is -0.489 e. The molecule has 4 nitrogen and oxygen atoms in total. The number of alkyl halides is 3. The van der Waals surface area contributed by atoms with E-state index < -0.39 is 23.1 Å². The lowest BCUT2D eigenvalue weighted by molar-refractivity contribution is -0.154. The third kappa shape index (κ3) is 4.90. The second-order valence-corrected chi connectivity index (χ2v) is 8.35. The Morgan fingerprint density at radius 2 is 1.76 bits per heavy atom. The lowest BCUT2D eigenvalue weighted by atomic mass is 10.1. The fourth-order valence-corrected chi connectivity index (χ4v) is 3.65. The maximum atomic E-state index is 13.8. The van der Waals surface area contributed by atoms with Gasteiger partial charge in [0.25, 0.3) is 5.76 Å². The highest BCUT2D eigenvalue weighted by Crippen LogP contribution is 2.40. The second kappa shape index (κ2) is 8.94. The summed E-state index contributed by atoms with van der Waals surface area (Å²) in [6.45, 7) is 4.12. The summed E-state index contributed by atoms with van der Waals surface area (Å²) in [5.41, 5.74) is 1.87. The molecule has 0 saturated heterocycles. The van der Waals surface area contributed by atoms with Gasteiger partial charge in [0, 0.05) is 6.07 Å². The Labute approximate surface area is 195 Å². The molecule has 0 N–H and O–H groups in total. The highest BCUT2D eigenvalue weighted by molar-refractivity contribution is 9.10. The molecule has 1 aromatic heterocycles. The lowest BCUT2D eigenvalue weighted by Crippen LogP contribution is -2.15. The van der Waals surface area contributed by atoms with Crippen LogP contribution in [-0.2, 0) is 12.8 Å². The molecular weight excluding hydrogens is 501 g/mol. The van der Waals surface area contributed by atoms with Gasteiger partial charge in [0.05, 0.1) is 9.86 Å². The molecule has 4 rings (SSSR count). The van der Waals surface area contributed by atoms with E-state index in [1.165, 1.54) is 24.3 Å². The molecule has 0 saturated carbocycles. The number of para-hydroxylation sites is 1. The van der Waals surface area contributed by atoms with E-state index in [1.807, 2.05) is 32.0 Å². The highest BCUT2D eigenvalue weighted by atomic mass is 79.9. The molecule has 8 heteroatoms. The summed E-state index contributed by atoms with van der Waals surface area (Å²) < 4.78 is 57.9. The van der Waals surface area contributed by atoms with Gasteiger partial charge in [-0.15, -0.1) is 0 Å². The smallest absolute Gasteiger partial charge is 0.453 e. The van der Waals surface area contributed by atoms with E-state index in [-0.39, 0.29) is 29.1 Å². The standard InChI is InChI=1S/C25H18BrF3O4/c1-14-7-8-15(2)16(11-14)13-31-17-9-10-18-21(12-17)33-24(25(27,28)29)23(22(18)30)32-20-6-4-3-5-19(20)26/h3-12H,13H2,1-2H3. The van der Waals surface area contributed by atoms with E-state index in [0.717, 1.165) is 16.7 Å². The summed E-state index contributed by atoms with van der Waals surface area (Å²) in [5.74, 6) is -2.10. The maximum Gasteiger partial charge on any atom is 0.453 e. The summed E-state index contributed by atoms with van der Waals surface area (Å²) in [5, 5.41) is -0.0517. The molecule has 0 aliphatic rings. The number of rotatable bonds is 5. The number of halogens is 4. The van der Waals surface area contributed by atoms with Gasteiger partial charge in [0.2, 0.25) is 11.2 Å². The SMILES string of the molecule is Cc1ccc(C)c(COc2ccc3c(=O)c(Oc4ccccc4Br)c(C(F)(F)F)oc3c2)c1. The number of hydrogen-bond donors (Lipinski definition) is 0. The largest absolute Gasteiger partial charge is 0.489 e. The first-order valence-electron chi connectivity index (χ1n) is 9.93. The number of ether oxygens (including phenoxy) is 2. The minimum atomic E-state index is -4.94. The first-order valence-corrected chi connectivity index (χ1v) is 10.7. The van der Waals surface area contributed by atoms with Crippen molar-refractivity contribution in [3.63, 3.8) is 0 Å². The Morgan fingerprint density at radius 3 is 2.48 bits per heavy atom. The van der Waals surface area contributed by atoms with Gasteiger partial charge in [-0.05, 0) is 65.2 Å². The zero-order chi connectivity index (χ0) is 23.8. The van der Waals surface area contributed by atoms with E-state index in [0.29, 0.717) is 4.47 Å². The van der Waals surface area contributed by atoms with Crippen LogP contribution in [0.15, 0.2) is 74.3 Å². The molecule has 4 aromatic rings. The average Bonchev–Trinajstić information content (AvgIpc) is 2.76. The minimum absolute atomic E-state index is 0.0517. The number of hydrogen-bond acceptors (Lipinski definition) is 4. The molecule has 0 atom stereocenters. The van der Waals surface area contributed by atoms with Gasteiger partial charge in [0.15, 0.2) is 0 Å². The van der Waals surface area contributed by atoms with Gasteiger partial charge in [0.1, 0.15) is 23.7 Å². The Kier molecular flexibility index (Phi) is 6.21. The molecule has 0 aliphatic carbocycles. The molecule has 0 aliphatic heterocycles. The van der Waals surface area contributed by atoms with Crippen LogP contribution in [0.5, 0.6) is 17.2 Å². The zero-order valence-corrected chi connectivity index (χ0v) is 19.2. The Hall–Kier alpha value is -3.26. The van der Waals surface area contributed by atoms with Crippen LogP contribution in [-0.4, -0.2) is 0 Å². The summed E-state index contributed by atoms with van der Waals surface area (Å²) in [6, 6.07) is 16.4. The molecule has 3 aromatic carbocycles. The van der Waals surface area contributed by atoms with Crippen LogP contribution in [0.4, 0.5) is 13.2 Å². The highest BCUT2D eigenvalue weighted by Gasteiger charge is 2.40. The maximum absolute atomic E-state index is 13.8. The third-order valence-corrected chi connectivity index (χ3v) is 5.68. The van der Waals surface area contributed by atoms with Crippen molar-refractivity contribution in [1.29, 1.82) is 0 Å². The summed E-state index contributed by atoms with van der Waals surface area (Å²) >= 11 is 3.20. The first-order chi connectivity index (χ1) is 15.6. The van der Waals surface area contributed by atoms with Gasteiger partial charge in [-0.2, -0.15) is 13.2 Å². The van der Waals surface area contributed by atoms with Crippen molar-refractivity contribution in [2.75, 3.05) is 0 Å². The van der Waals surface area contributed by atoms with Crippen molar-refractivity contribution in [3.05, 3.63) is 97.8 Å². The number of aryl methyl sites for hydroxylation is 2. The van der Waals surface area contributed by atoms with Crippen LogP contribution < -0.4 is 14.9 Å². The van der Waals surface area contributed by atoms with Gasteiger partial charge in [-0.3, -0.25) is 4.79 Å². The van der Waals surface area contributed by atoms with Crippen LogP contribution in [0.3, 0.4) is 0 Å². The molecule has 0 amide bonds. The molecule has 0 unspecified atom stereocenters. The van der Waals surface area contributed by atoms with E-state index in [9.17, 15) is 18.0 Å². The lowest BCUT2D eigenvalue weighted by Gasteiger charge is -2.14. The van der Waals surface area contributed by atoms with E-state index in [4.69, 9.17) is 13.9 Å². The van der Waals surface area contributed by atoms with Crippen LogP contribution >= 0.6 is 15.9 Å². The van der Waals surface area contributed by atoms with E-state index in [1.54, 1.807) is 18.2 Å². The molecule has 1 heterocycles. The van der Waals surface area contributed by atoms with Crippen molar-refractivity contribution >= 4 is 26.9 Å². The van der Waals surface area contributed by atoms with Crippen LogP contribution in [0.25, 0.3) is 11.0 Å². The quantitative estimate of drug-likeness (QED) is 0.273. The van der Waals surface area contributed by atoms with Crippen molar-refractivity contribution in [3.8, 4) is 17.2 Å². The molecule has 0 fully saturated rings. The molecular formula is C25H18BrF3O4. The van der Waals surface area contributed by atoms with E-state index in [2.05, 4.69) is 15.9 Å². The first kappa shape index (κ1) is 22.9. The molecule has 0 radical (unpaired) electrons. The Balaban J connectivity index is 1.74. The summed E-state index contributed by atoms with van der Waals surface area (Å²) in [4.78, 5) is 12.9. The van der Waals surface area contributed by atoms with Crippen molar-refractivity contribution in [1.82, 2.24) is 0 Å². The molecule has 0 spiro atoms. The molecule has 170 valence electrons. The normalized spacial score (nSPS) is 11.6. The predicted octanol–water partition coefficient (Wildman–Crippen LogP) is 7.56. The fourth-order valence-electron chi connectivity index (χ4n) is 3.28. The van der Waals surface area contributed by atoms with Gasteiger partial charge in [-0.25, -0.2) is 0 Å². The van der Waals surface area contributed by atoms with Gasteiger partial charge in [-0.1, -0.05) is 35.9 Å². The number of benzene rings is 3. The van der Waals surface area contributed by atoms with Crippen LogP contribution in [0.2, 0.25) is 0 Å². The topological polar surface area (TPSA) is 48.7 Å². The van der Waals surface area contributed by atoms with Crippen LogP contribution in [0, 0.1) is 13.8 Å². The predicted molar refractivity (Wildman–Crippen MR) is 122 cm³/mol. The summed E-state index contributed by atoms with van der Waals surface area (Å²) in [7, 11) is 0. The third-order valence-electron chi connectivity index (χ3n) is 5.03. The fraction of sp³-hybridized carbons (Fsp3) is 0.160.